The van der Waals surface area contributed by atoms with E-state index in [9.17, 15) is 18.8 Å². The number of carbonyl (C=O) groups is 3. The van der Waals surface area contributed by atoms with E-state index in [0.29, 0.717) is 11.3 Å². The van der Waals surface area contributed by atoms with Gasteiger partial charge >= 0.3 is 12.0 Å². The number of hydrogen-bond donors (Lipinski definition) is 3. The lowest BCUT2D eigenvalue weighted by Gasteiger charge is -2.10. The highest BCUT2D eigenvalue weighted by molar-refractivity contribution is 6.01. The Morgan fingerprint density at radius 3 is 2.52 bits per heavy atom. The van der Waals surface area contributed by atoms with Crippen LogP contribution in [0.15, 0.2) is 18.2 Å². The van der Waals surface area contributed by atoms with Crippen molar-refractivity contribution in [1.82, 2.24) is 5.32 Å². The summed E-state index contributed by atoms with van der Waals surface area (Å²) in [4.78, 5) is 33.6. The smallest absolute Gasteiger partial charge is 0.325 e. The number of aryl methyl sites for hydroxylation is 1. The van der Waals surface area contributed by atoms with Gasteiger partial charge in [0.15, 0.2) is 0 Å². The molecule has 1 aromatic carbocycles. The van der Waals surface area contributed by atoms with E-state index < -0.39 is 17.9 Å². The molecule has 3 N–H and O–H groups in total. The molecule has 0 radical (unpaired) electrons. The maximum atomic E-state index is 13.1. The van der Waals surface area contributed by atoms with E-state index in [4.69, 9.17) is 5.11 Å². The number of carboxylic acids is 1. The second kappa shape index (κ2) is 7.37. The Morgan fingerprint density at radius 2 is 1.95 bits per heavy atom. The van der Waals surface area contributed by atoms with Crippen molar-refractivity contribution < 1.29 is 23.9 Å². The minimum atomic E-state index is -0.999. The summed E-state index contributed by atoms with van der Waals surface area (Å²) in [7, 11) is 0. The number of benzene rings is 1. The molecule has 0 aliphatic heterocycles. The first-order valence-electron chi connectivity index (χ1n) is 6.36. The third-order valence-electron chi connectivity index (χ3n) is 2.73. The number of rotatable bonds is 5. The van der Waals surface area contributed by atoms with Crippen LogP contribution in [-0.2, 0) is 9.59 Å². The highest BCUT2D eigenvalue weighted by Crippen LogP contribution is 2.13. The van der Waals surface area contributed by atoms with E-state index in [-0.39, 0.29) is 24.6 Å². The largest absolute Gasteiger partial charge is 0.481 e. The van der Waals surface area contributed by atoms with E-state index in [1.54, 1.807) is 13.8 Å². The fourth-order valence-electron chi connectivity index (χ4n) is 1.75. The molecule has 0 fully saturated rings. The molecule has 0 bridgehead atoms. The number of urea groups is 1. The van der Waals surface area contributed by atoms with Gasteiger partial charge in [0.25, 0.3) is 0 Å². The van der Waals surface area contributed by atoms with Gasteiger partial charge in [0.2, 0.25) is 5.91 Å². The molecule has 1 rings (SSSR count). The van der Waals surface area contributed by atoms with Crippen LogP contribution in [0.25, 0.3) is 0 Å². The number of hydrogen-bond acceptors (Lipinski definition) is 3. The SMILES string of the molecule is Cc1cc(NC(=O)NC(=O)CC(C)CC(=O)O)ccc1F. The van der Waals surface area contributed by atoms with Crippen molar-refractivity contribution in [2.75, 3.05) is 5.32 Å². The quantitative estimate of drug-likeness (QED) is 0.776. The Labute approximate surface area is 121 Å². The summed E-state index contributed by atoms with van der Waals surface area (Å²) in [6, 6.07) is 3.28. The van der Waals surface area contributed by atoms with Crippen LogP contribution in [0.4, 0.5) is 14.9 Å². The molecular weight excluding hydrogens is 279 g/mol. The summed E-state index contributed by atoms with van der Waals surface area (Å²) in [6.07, 6.45) is -0.214. The first-order valence-corrected chi connectivity index (χ1v) is 6.36. The third-order valence-corrected chi connectivity index (χ3v) is 2.73. The number of carboxylic acid groups (broad SMARTS) is 1. The van der Waals surface area contributed by atoms with Crippen molar-refractivity contribution in [3.63, 3.8) is 0 Å². The maximum Gasteiger partial charge on any atom is 0.325 e. The monoisotopic (exact) mass is 296 g/mol. The lowest BCUT2D eigenvalue weighted by atomic mass is 10.0. The van der Waals surface area contributed by atoms with Gasteiger partial charge in [0.1, 0.15) is 5.82 Å². The van der Waals surface area contributed by atoms with Crippen LogP contribution in [0.2, 0.25) is 0 Å². The zero-order valence-electron chi connectivity index (χ0n) is 11.8. The Bertz CT molecular complexity index is 560. The van der Waals surface area contributed by atoms with Crippen LogP contribution in [0.3, 0.4) is 0 Å². The molecule has 7 heteroatoms. The van der Waals surface area contributed by atoms with Crippen molar-refractivity contribution >= 4 is 23.6 Å². The average molecular weight is 296 g/mol. The first kappa shape index (κ1) is 16.6. The van der Waals surface area contributed by atoms with E-state index in [1.165, 1.54) is 18.2 Å². The molecule has 0 aliphatic rings. The molecule has 114 valence electrons. The number of carbonyl (C=O) groups excluding carboxylic acids is 2. The minimum absolute atomic E-state index is 0.0673. The van der Waals surface area contributed by atoms with E-state index in [2.05, 4.69) is 10.6 Å². The summed E-state index contributed by atoms with van der Waals surface area (Å²) in [5.74, 6) is -2.33. The third kappa shape index (κ3) is 6.03. The lowest BCUT2D eigenvalue weighted by Crippen LogP contribution is -2.35. The molecule has 6 nitrogen and oxygen atoms in total. The van der Waals surface area contributed by atoms with Crippen molar-refractivity contribution in [1.29, 1.82) is 0 Å². The summed E-state index contributed by atoms with van der Waals surface area (Å²) in [5.41, 5.74) is 0.729. The molecule has 1 aromatic rings. The predicted molar refractivity (Wildman–Crippen MR) is 74.3 cm³/mol. The summed E-state index contributed by atoms with van der Waals surface area (Å²) in [5, 5.41) is 13.1. The Balaban J connectivity index is 2.47. The standard InChI is InChI=1S/C14H17FN2O4/c1-8(6-13(19)20)5-12(18)17-14(21)16-10-3-4-11(15)9(2)7-10/h3-4,7-8H,5-6H2,1-2H3,(H,19,20)(H2,16,17,18,21). The Morgan fingerprint density at radius 1 is 1.29 bits per heavy atom. The molecule has 1 atom stereocenters. The van der Waals surface area contributed by atoms with Gasteiger partial charge in [-0.05, 0) is 36.6 Å². The highest BCUT2D eigenvalue weighted by Gasteiger charge is 2.15. The second-order valence-corrected chi connectivity index (χ2v) is 4.87. The molecule has 0 saturated carbocycles. The number of amides is 3. The fraction of sp³-hybridized carbons (Fsp3) is 0.357. The maximum absolute atomic E-state index is 13.1. The second-order valence-electron chi connectivity index (χ2n) is 4.87. The highest BCUT2D eigenvalue weighted by atomic mass is 19.1. The van der Waals surface area contributed by atoms with Crippen LogP contribution >= 0.6 is 0 Å². The summed E-state index contributed by atoms with van der Waals surface area (Å²) < 4.78 is 13.1. The molecule has 0 aliphatic carbocycles. The molecule has 0 heterocycles. The summed E-state index contributed by atoms with van der Waals surface area (Å²) in [6.45, 7) is 3.16. The number of imide groups is 1. The number of aliphatic carboxylic acids is 1. The van der Waals surface area contributed by atoms with Gasteiger partial charge in [-0.2, -0.15) is 0 Å². The Kier molecular flexibility index (Phi) is 5.83. The molecule has 21 heavy (non-hydrogen) atoms. The van der Waals surface area contributed by atoms with Crippen LogP contribution in [0.1, 0.15) is 25.3 Å². The van der Waals surface area contributed by atoms with Gasteiger partial charge < -0.3 is 10.4 Å². The lowest BCUT2D eigenvalue weighted by molar-refractivity contribution is -0.138. The van der Waals surface area contributed by atoms with Gasteiger partial charge in [0.05, 0.1) is 0 Å². The topological polar surface area (TPSA) is 95.5 Å². The molecule has 0 saturated heterocycles. The van der Waals surface area contributed by atoms with E-state index in [0.717, 1.165) is 0 Å². The van der Waals surface area contributed by atoms with Crippen LogP contribution in [0, 0.1) is 18.7 Å². The van der Waals surface area contributed by atoms with Crippen molar-refractivity contribution in [2.24, 2.45) is 5.92 Å². The number of nitrogens with one attached hydrogen (secondary N) is 2. The van der Waals surface area contributed by atoms with Gasteiger partial charge in [-0.15, -0.1) is 0 Å². The van der Waals surface area contributed by atoms with Crippen molar-refractivity contribution in [3.8, 4) is 0 Å². The van der Waals surface area contributed by atoms with E-state index in [1.807, 2.05) is 0 Å². The molecule has 0 aromatic heterocycles. The molecule has 3 amide bonds. The average Bonchev–Trinajstić information content (AvgIpc) is 2.32. The normalized spacial score (nSPS) is 11.6. The zero-order chi connectivity index (χ0) is 16.0. The molecule has 0 spiro atoms. The van der Waals surface area contributed by atoms with Crippen molar-refractivity contribution in [2.45, 2.75) is 26.7 Å². The minimum Gasteiger partial charge on any atom is -0.481 e. The van der Waals surface area contributed by atoms with Crippen LogP contribution < -0.4 is 10.6 Å². The first-order chi connectivity index (χ1) is 9.77. The van der Waals surface area contributed by atoms with Gasteiger partial charge in [-0.3, -0.25) is 14.9 Å². The zero-order valence-corrected chi connectivity index (χ0v) is 11.8. The number of anilines is 1. The predicted octanol–water partition coefficient (Wildman–Crippen LogP) is 2.28. The Hall–Kier alpha value is -2.44. The van der Waals surface area contributed by atoms with Gasteiger partial charge in [0, 0.05) is 18.5 Å². The number of halogens is 1. The van der Waals surface area contributed by atoms with Crippen LogP contribution in [0.5, 0.6) is 0 Å². The fourth-order valence-corrected chi connectivity index (χ4v) is 1.75. The van der Waals surface area contributed by atoms with E-state index >= 15 is 0 Å². The van der Waals surface area contributed by atoms with Gasteiger partial charge in [-0.1, -0.05) is 6.92 Å². The van der Waals surface area contributed by atoms with Crippen LogP contribution in [-0.4, -0.2) is 23.0 Å². The molecular formula is C14H17FN2O4. The van der Waals surface area contributed by atoms with Crippen molar-refractivity contribution in [3.05, 3.63) is 29.6 Å². The summed E-state index contributed by atoms with van der Waals surface area (Å²) >= 11 is 0. The molecule has 1 unspecified atom stereocenters. The van der Waals surface area contributed by atoms with Gasteiger partial charge in [-0.25, -0.2) is 9.18 Å².